The molecule has 1 amide bonds. The molecule has 0 radical (unpaired) electrons. The molecule has 4 heteroatoms. The van der Waals surface area contributed by atoms with E-state index in [-0.39, 0.29) is 12.0 Å². The molecule has 1 saturated heterocycles. The van der Waals surface area contributed by atoms with E-state index in [9.17, 15) is 9.90 Å². The fourth-order valence-electron chi connectivity index (χ4n) is 3.27. The summed E-state index contributed by atoms with van der Waals surface area (Å²) in [6.07, 6.45) is 0.144. The summed E-state index contributed by atoms with van der Waals surface area (Å²) in [6, 6.07) is 14.4. The van der Waals surface area contributed by atoms with E-state index in [1.54, 1.807) is 6.92 Å². The van der Waals surface area contributed by atoms with E-state index in [0.29, 0.717) is 13.0 Å². The molecule has 1 atom stereocenters. The summed E-state index contributed by atoms with van der Waals surface area (Å²) in [5.74, 6) is 0.193. The Morgan fingerprint density at radius 2 is 1.78 bits per heavy atom. The van der Waals surface area contributed by atoms with E-state index in [0.717, 1.165) is 37.1 Å². The van der Waals surface area contributed by atoms with Crippen molar-refractivity contribution in [1.82, 2.24) is 9.80 Å². The maximum absolute atomic E-state index is 12.6. The molecule has 0 bridgehead atoms. The normalized spacial score (nSPS) is 17.4. The monoisotopic (exact) mass is 312 g/mol. The lowest BCUT2D eigenvalue weighted by atomic mass is 10.0. The average Bonchev–Trinajstić information content (AvgIpc) is 2.55. The van der Waals surface area contributed by atoms with Gasteiger partial charge in [0.15, 0.2) is 0 Å². The SMILES string of the molecule is CC(O)CN1CCN(C(=O)Cc2cccc3ccccc23)CC1. The third-order valence-corrected chi connectivity index (χ3v) is 4.47. The molecule has 1 heterocycles. The van der Waals surface area contributed by atoms with Crippen LogP contribution in [0, 0.1) is 0 Å². The maximum atomic E-state index is 12.6. The highest BCUT2D eigenvalue weighted by Crippen LogP contribution is 2.19. The Balaban J connectivity index is 1.63. The van der Waals surface area contributed by atoms with Crippen molar-refractivity contribution < 1.29 is 9.90 Å². The summed E-state index contributed by atoms with van der Waals surface area (Å²) in [5.41, 5.74) is 1.10. The van der Waals surface area contributed by atoms with Gasteiger partial charge in [0, 0.05) is 32.7 Å². The minimum Gasteiger partial charge on any atom is -0.392 e. The molecule has 0 aliphatic carbocycles. The number of aliphatic hydroxyl groups excluding tert-OH is 1. The van der Waals surface area contributed by atoms with Crippen LogP contribution < -0.4 is 0 Å². The first kappa shape index (κ1) is 16.0. The van der Waals surface area contributed by atoms with E-state index in [2.05, 4.69) is 23.1 Å². The zero-order valence-electron chi connectivity index (χ0n) is 13.6. The molecule has 1 N–H and O–H groups in total. The first-order valence-corrected chi connectivity index (χ1v) is 8.28. The molecule has 2 aromatic rings. The number of fused-ring (bicyclic) bond motifs is 1. The lowest BCUT2D eigenvalue weighted by Crippen LogP contribution is -2.50. The Morgan fingerprint density at radius 3 is 2.52 bits per heavy atom. The van der Waals surface area contributed by atoms with Crippen LogP contribution in [-0.2, 0) is 11.2 Å². The van der Waals surface area contributed by atoms with Gasteiger partial charge in [0.1, 0.15) is 0 Å². The standard InChI is InChI=1S/C19H24N2O2/c1-15(22)14-20-9-11-21(12-10-20)19(23)13-17-7-4-6-16-5-2-3-8-18(16)17/h2-8,15,22H,9-14H2,1H3. The van der Waals surface area contributed by atoms with Crippen LogP contribution in [0.15, 0.2) is 42.5 Å². The summed E-state index contributed by atoms with van der Waals surface area (Å²) < 4.78 is 0. The minimum absolute atomic E-state index is 0.193. The first-order valence-electron chi connectivity index (χ1n) is 8.28. The third-order valence-electron chi connectivity index (χ3n) is 4.47. The summed E-state index contributed by atoms with van der Waals surface area (Å²) in [4.78, 5) is 16.8. The summed E-state index contributed by atoms with van der Waals surface area (Å²) >= 11 is 0. The summed E-state index contributed by atoms with van der Waals surface area (Å²) in [7, 11) is 0. The van der Waals surface area contributed by atoms with Gasteiger partial charge in [-0.05, 0) is 23.3 Å². The zero-order valence-corrected chi connectivity index (χ0v) is 13.6. The molecule has 2 aromatic carbocycles. The van der Waals surface area contributed by atoms with Crippen molar-refractivity contribution in [1.29, 1.82) is 0 Å². The molecule has 1 fully saturated rings. The number of benzene rings is 2. The van der Waals surface area contributed by atoms with E-state index < -0.39 is 0 Å². The van der Waals surface area contributed by atoms with Gasteiger partial charge < -0.3 is 10.0 Å². The van der Waals surface area contributed by atoms with Crippen molar-refractivity contribution in [2.75, 3.05) is 32.7 Å². The smallest absolute Gasteiger partial charge is 0.227 e. The summed E-state index contributed by atoms with van der Waals surface area (Å²) in [6.45, 7) is 5.66. The molecular formula is C19H24N2O2. The Labute approximate surface area is 137 Å². The quantitative estimate of drug-likeness (QED) is 0.938. The fourth-order valence-corrected chi connectivity index (χ4v) is 3.27. The number of piperazine rings is 1. The highest BCUT2D eigenvalue weighted by molar-refractivity contribution is 5.90. The molecule has 0 aromatic heterocycles. The molecule has 0 saturated carbocycles. The largest absolute Gasteiger partial charge is 0.392 e. The van der Waals surface area contributed by atoms with Crippen molar-refractivity contribution in [2.24, 2.45) is 0 Å². The number of amides is 1. The average molecular weight is 312 g/mol. The third kappa shape index (κ3) is 3.89. The molecule has 1 aliphatic rings. The predicted octanol–water partition coefficient (Wildman–Crippen LogP) is 1.91. The van der Waals surface area contributed by atoms with Crippen LogP contribution in [0.3, 0.4) is 0 Å². The number of carbonyl (C=O) groups excluding carboxylic acids is 1. The zero-order chi connectivity index (χ0) is 16.2. The number of β-amino-alcohol motifs (C(OH)–C–C–N with tert-alkyl or cyclic N) is 1. The van der Waals surface area contributed by atoms with Gasteiger partial charge in [-0.1, -0.05) is 42.5 Å². The van der Waals surface area contributed by atoms with Crippen LogP contribution in [0.4, 0.5) is 0 Å². The van der Waals surface area contributed by atoms with Crippen molar-refractivity contribution >= 4 is 16.7 Å². The number of carbonyl (C=O) groups is 1. The number of rotatable bonds is 4. The number of hydrogen-bond acceptors (Lipinski definition) is 3. The highest BCUT2D eigenvalue weighted by Gasteiger charge is 2.22. The van der Waals surface area contributed by atoms with Gasteiger partial charge in [0.2, 0.25) is 5.91 Å². The van der Waals surface area contributed by atoms with Crippen LogP contribution in [0.1, 0.15) is 12.5 Å². The van der Waals surface area contributed by atoms with Gasteiger partial charge >= 0.3 is 0 Å². The van der Waals surface area contributed by atoms with Crippen LogP contribution in [-0.4, -0.2) is 59.6 Å². The van der Waals surface area contributed by atoms with Gasteiger partial charge in [0.25, 0.3) is 0 Å². The van der Waals surface area contributed by atoms with E-state index >= 15 is 0 Å². The molecular weight excluding hydrogens is 288 g/mol. The lowest BCUT2D eigenvalue weighted by molar-refractivity contribution is -0.132. The lowest BCUT2D eigenvalue weighted by Gasteiger charge is -2.35. The fraction of sp³-hybridized carbons (Fsp3) is 0.421. The second-order valence-corrected chi connectivity index (χ2v) is 6.35. The summed E-state index contributed by atoms with van der Waals surface area (Å²) in [5, 5.41) is 11.8. The predicted molar refractivity (Wildman–Crippen MR) is 92.4 cm³/mol. The van der Waals surface area contributed by atoms with Crippen LogP contribution in [0.25, 0.3) is 10.8 Å². The highest BCUT2D eigenvalue weighted by atomic mass is 16.3. The van der Waals surface area contributed by atoms with E-state index in [4.69, 9.17) is 0 Å². The second-order valence-electron chi connectivity index (χ2n) is 6.35. The second kappa shape index (κ2) is 7.11. The molecule has 4 nitrogen and oxygen atoms in total. The number of hydrogen-bond donors (Lipinski definition) is 1. The first-order chi connectivity index (χ1) is 11.1. The van der Waals surface area contributed by atoms with Crippen LogP contribution >= 0.6 is 0 Å². The van der Waals surface area contributed by atoms with Crippen molar-refractivity contribution in [2.45, 2.75) is 19.4 Å². The number of nitrogens with zero attached hydrogens (tertiary/aromatic N) is 2. The van der Waals surface area contributed by atoms with Crippen LogP contribution in [0.2, 0.25) is 0 Å². The van der Waals surface area contributed by atoms with E-state index in [1.165, 1.54) is 5.39 Å². The van der Waals surface area contributed by atoms with Crippen molar-refractivity contribution in [3.8, 4) is 0 Å². The van der Waals surface area contributed by atoms with Crippen molar-refractivity contribution in [3.63, 3.8) is 0 Å². The van der Waals surface area contributed by atoms with Gasteiger partial charge in [-0.2, -0.15) is 0 Å². The molecule has 1 unspecified atom stereocenters. The van der Waals surface area contributed by atoms with Gasteiger partial charge in [-0.3, -0.25) is 9.69 Å². The molecule has 3 rings (SSSR count). The van der Waals surface area contributed by atoms with Gasteiger partial charge in [-0.15, -0.1) is 0 Å². The Kier molecular flexibility index (Phi) is 4.94. The number of aliphatic hydroxyl groups is 1. The van der Waals surface area contributed by atoms with Crippen LogP contribution in [0.5, 0.6) is 0 Å². The van der Waals surface area contributed by atoms with Gasteiger partial charge in [0.05, 0.1) is 12.5 Å². The molecule has 0 spiro atoms. The van der Waals surface area contributed by atoms with Crippen molar-refractivity contribution in [3.05, 3.63) is 48.0 Å². The van der Waals surface area contributed by atoms with Gasteiger partial charge in [-0.25, -0.2) is 0 Å². The molecule has 122 valence electrons. The minimum atomic E-state index is -0.312. The maximum Gasteiger partial charge on any atom is 0.227 e. The topological polar surface area (TPSA) is 43.8 Å². The Bertz CT molecular complexity index is 671. The molecule has 1 aliphatic heterocycles. The Morgan fingerprint density at radius 1 is 1.09 bits per heavy atom. The Hall–Kier alpha value is -1.91. The molecule has 23 heavy (non-hydrogen) atoms. The van der Waals surface area contributed by atoms with E-state index in [1.807, 2.05) is 29.2 Å².